The van der Waals surface area contributed by atoms with Gasteiger partial charge in [-0.3, -0.25) is 14.4 Å². The average molecular weight is 341 g/mol. The molecule has 0 saturated heterocycles. The van der Waals surface area contributed by atoms with Gasteiger partial charge in [-0.25, -0.2) is 0 Å². The third-order valence-corrected chi connectivity index (χ3v) is 4.44. The van der Waals surface area contributed by atoms with Crippen molar-refractivity contribution in [1.82, 2.24) is 0 Å². The van der Waals surface area contributed by atoms with E-state index >= 15 is 0 Å². The van der Waals surface area contributed by atoms with E-state index in [9.17, 15) is 14.4 Å². The summed E-state index contributed by atoms with van der Waals surface area (Å²) < 4.78 is 5.28. The number of hydrogen-bond acceptors (Lipinski definition) is 4. The lowest BCUT2D eigenvalue weighted by Gasteiger charge is -2.14. The van der Waals surface area contributed by atoms with Crippen LogP contribution >= 0.6 is 0 Å². The van der Waals surface area contributed by atoms with Crippen LogP contribution in [0.4, 0.5) is 0 Å². The average Bonchev–Trinajstić information content (AvgIpc) is 2.49. The van der Waals surface area contributed by atoms with Crippen molar-refractivity contribution in [2.75, 3.05) is 6.61 Å². The lowest BCUT2D eigenvalue weighted by molar-refractivity contribution is -0.145. The van der Waals surface area contributed by atoms with Crippen molar-refractivity contribution in [2.24, 2.45) is 23.7 Å². The number of ether oxygens (including phenoxy) is 1. The Labute approximate surface area is 147 Å². The molecule has 0 radical (unpaired) electrons. The summed E-state index contributed by atoms with van der Waals surface area (Å²) in [7, 11) is 0. The first-order chi connectivity index (χ1) is 11.1. The third-order valence-electron chi connectivity index (χ3n) is 4.44. The van der Waals surface area contributed by atoms with Crippen molar-refractivity contribution < 1.29 is 19.1 Å². The molecule has 0 fully saturated rings. The zero-order valence-electron chi connectivity index (χ0n) is 16.4. The van der Waals surface area contributed by atoms with Gasteiger partial charge in [-0.05, 0) is 31.1 Å². The third kappa shape index (κ3) is 11.4. The normalized spacial score (nSPS) is 13.8. The summed E-state index contributed by atoms with van der Waals surface area (Å²) >= 11 is 0. The monoisotopic (exact) mass is 340 g/mol. The van der Waals surface area contributed by atoms with Crippen LogP contribution in [-0.4, -0.2) is 24.1 Å². The lowest BCUT2D eigenvalue weighted by Crippen LogP contribution is -2.14. The number of rotatable bonds is 13. The second kappa shape index (κ2) is 12.2. The molecule has 0 N–H and O–H groups in total. The Morgan fingerprint density at radius 1 is 0.708 bits per heavy atom. The Kier molecular flexibility index (Phi) is 11.6. The SMILES string of the molecule is CC(C)C(=O)CC[C@@H](C)CCOC(=O)C[C@H](C)CCC(=O)C(C)C. The van der Waals surface area contributed by atoms with Crippen LogP contribution in [0.2, 0.25) is 0 Å². The van der Waals surface area contributed by atoms with Gasteiger partial charge in [0.15, 0.2) is 0 Å². The van der Waals surface area contributed by atoms with Gasteiger partial charge in [0, 0.05) is 31.1 Å². The molecule has 140 valence electrons. The molecule has 0 aromatic heterocycles. The highest BCUT2D eigenvalue weighted by Gasteiger charge is 2.15. The Hall–Kier alpha value is -1.19. The maximum absolute atomic E-state index is 11.8. The molecule has 0 amide bonds. The maximum Gasteiger partial charge on any atom is 0.306 e. The molecule has 4 nitrogen and oxygen atoms in total. The minimum absolute atomic E-state index is 0.0632. The maximum atomic E-state index is 11.8. The van der Waals surface area contributed by atoms with Gasteiger partial charge in [-0.15, -0.1) is 0 Å². The number of ketones is 2. The number of carbonyl (C=O) groups is 3. The van der Waals surface area contributed by atoms with Crippen LogP contribution in [0.15, 0.2) is 0 Å². The van der Waals surface area contributed by atoms with Gasteiger partial charge in [0.25, 0.3) is 0 Å². The molecule has 0 aliphatic carbocycles. The van der Waals surface area contributed by atoms with E-state index in [2.05, 4.69) is 6.92 Å². The van der Waals surface area contributed by atoms with E-state index in [1.54, 1.807) is 0 Å². The summed E-state index contributed by atoms with van der Waals surface area (Å²) in [5.74, 6) is 1.06. The van der Waals surface area contributed by atoms with E-state index in [1.165, 1.54) is 0 Å². The van der Waals surface area contributed by atoms with Crippen LogP contribution < -0.4 is 0 Å². The molecular weight excluding hydrogens is 304 g/mol. The molecule has 2 atom stereocenters. The minimum atomic E-state index is -0.190. The summed E-state index contributed by atoms with van der Waals surface area (Å²) in [5, 5.41) is 0. The molecule has 0 aliphatic heterocycles. The number of carbonyl (C=O) groups excluding carboxylic acids is 3. The second-order valence-corrected chi connectivity index (χ2v) is 7.74. The van der Waals surface area contributed by atoms with Gasteiger partial charge in [0.1, 0.15) is 11.6 Å². The quantitative estimate of drug-likeness (QED) is 0.460. The zero-order valence-corrected chi connectivity index (χ0v) is 16.4. The number of hydrogen-bond donors (Lipinski definition) is 0. The Morgan fingerprint density at radius 2 is 1.17 bits per heavy atom. The van der Waals surface area contributed by atoms with Crippen molar-refractivity contribution in [3.63, 3.8) is 0 Å². The van der Waals surface area contributed by atoms with Crippen LogP contribution in [0.3, 0.4) is 0 Å². The van der Waals surface area contributed by atoms with E-state index in [-0.39, 0.29) is 29.5 Å². The predicted molar refractivity (Wildman–Crippen MR) is 96.7 cm³/mol. The van der Waals surface area contributed by atoms with Crippen LogP contribution in [0.1, 0.15) is 80.1 Å². The minimum Gasteiger partial charge on any atom is -0.466 e. The smallest absolute Gasteiger partial charge is 0.306 e. The van der Waals surface area contributed by atoms with Crippen molar-refractivity contribution in [3.05, 3.63) is 0 Å². The molecule has 0 aromatic carbocycles. The van der Waals surface area contributed by atoms with E-state index in [0.29, 0.717) is 37.6 Å². The Morgan fingerprint density at radius 3 is 1.62 bits per heavy atom. The van der Waals surface area contributed by atoms with Gasteiger partial charge in [0.05, 0.1) is 6.61 Å². The Balaban J connectivity index is 3.81. The van der Waals surface area contributed by atoms with Crippen molar-refractivity contribution >= 4 is 17.5 Å². The molecule has 0 bridgehead atoms. The topological polar surface area (TPSA) is 60.4 Å². The van der Waals surface area contributed by atoms with Crippen LogP contribution in [0.5, 0.6) is 0 Å². The first kappa shape index (κ1) is 22.8. The fraction of sp³-hybridized carbons (Fsp3) is 0.850. The molecule has 0 rings (SSSR count). The van der Waals surface area contributed by atoms with Crippen molar-refractivity contribution in [3.8, 4) is 0 Å². The fourth-order valence-corrected chi connectivity index (χ4v) is 2.32. The molecule has 0 spiro atoms. The highest BCUT2D eigenvalue weighted by molar-refractivity contribution is 5.80. The molecule has 0 unspecified atom stereocenters. The van der Waals surface area contributed by atoms with Crippen molar-refractivity contribution in [1.29, 1.82) is 0 Å². The van der Waals surface area contributed by atoms with Gasteiger partial charge >= 0.3 is 5.97 Å². The van der Waals surface area contributed by atoms with E-state index < -0.39 is 0 Å². The first-order valence-electron chi connectivity index (χ1n) is 9.34. The molecular formula is C20H36O4. The Bertz CT molecular complexity index is 398. The largest absolute Gasteiger partial charge is 0.466 e. The van der Waals surface area contributed by atoms with Gasteiger partial charge in [-0.2, -0.15) is 0 Å². The second-order valence-electron chi connectivity index (χ2n) is 7.74. The van der Waals surface area contributed by atoms with Crippen LogP contribution in [0, 0.1) is 23.7 Å². The van der Waals surface area contributed by atoms with E-state index in [1.807, 2.05) is 34.6 Å². The molecule has 24 heavy (non-hydrogen) atoms. The highest BCUT2D eigenvalue weighted by Crippen LogP contribution is 2.16. The van der Waals surface area contributed by atoms with E-state index in [4.69, 9.17) is 4.74 Å². The number of esters is 1. The standard InChI is InChI=1S/C20H36O4/c1-14(2)18(21)9-7-16(5)11-12-24-20(23)13-17(6)8-10-19(22)15(3)4/h14-17H,7-13H2,1-6H3/t16-,17-/m1/s1. The summed E-state index contributed by atoms with van der Waals surface area (Å²) in [6.45, 7) is 12.1. The summed E-state index contributed by atoms with van der Waals surface area (Å²) in [5.41, 5.74) is 0. The van der Waals surface area contributed by atoms with Gasteiger partial charge < -0.3 is 4.74 Å². The number of Topliss-reactive ketones (excluding diaryl/α,β-unsaturated/α-hetero) is 2. The summed E-state index contributed by atoms with van der Waals surface area (Å²) in [6, 6.07) is 0. The van der Waals surface area contributed by atoms with Crippen LogP contribution in [0.25, 0.3) is 0 Å². The van der Waals surface area contributed by atoms with Gasteiger partial charge in [-0.1, -0.05) is 41.5 Å². The summed E-state index contributed by atoms with van der Waals surface area (Å²) in [4.78, 5) is 35.0. The molecule has 0 aliphatic rings. The first-order valence-corrected chi connectivity index (χ1v) is 9.34. The molecule has 0 aromatic rings. The highest BCUT2D eigenvalue weighted by atomic mass is 16.5. The molecule has 0 saturated carbocycles. The summed E-state index contributed by atoms with van der Waals surface area (Å²) in [6.07, 6.45) is 3.88. The van der Waals surface area contributed by atoms with Crippen LogP contribution in [-0.2, 0) is 19.1 Å². The lowest BCUT2D eigenvalue weighted by atomic mass is 9.96. The fourth-order valence-electron chi connectivity index (χ4n) is 2.32. The zero-order chi connectivity index (χ0) is 18.7. The van der Waals surface area contributed by atoms with E-state index in [0.717, 1.165) is 19.3 Å². The van der Waals surface area contributed by atoms with Gasteiger partial charge in [0.2, 0.25) is 0 Å². The van der Waals surface area contributed by atoms with Crippen molar-refractivity contribution in [2.45, 2.75) is 80.1 Å². The molecule has 4 heteroatoms. The predicted octanol–water partition coefficient (Wildman–Crippen LogP) is 4.59. The molecule has 0 heterocycles.